The van der Waals surface area contributed by atoms with E-state index < -0.39 is 0 Å². The summed E-state index contributed by atoms with van der Waals surface area (Å²) in [6, 6.07) is 10.0. The van der Waals surface area contributed by atoms with E-state index in [0.29, 0.717) is 6.61 Å². The summed E-state index contributed by atoms with van der Waals surface area (Å²) in [5.41, 5.74) is 3.11. The molecule has 4 heteroatoms. The second-order valence-corrected chi connectivity index (χ2v) is 4.03. The molecule has 0 saturated heterocycles. The van der Waals surface area contributed by atoms with Crippen LogP contribution in [0, 0.1) is 0 Å². The summed E-state index contributed by atoms with van der Waals surface area (Å²) >= 11 is 0. The average molecular weight is 258 g/mol. The van der Waals surface area contributed by atoms with Crippen molar-refractivity contribution in [1.82, 2.24) is 10.2 Å². The minimum atomic E-state index is -0.296. The fourth-order valence-electron chi connectivity index (χ4n) is 1.76. The summed E-state index contributed by atoms with van der Waals surface area (Å²) in [4.78, 5) is 0. The molecule has 1 heterocycles. The van der Waals surface area contributed by atoms with Crippen LogP contribution in [0.25, 0.3) is 12.2 Å². The van der Waals surface area contributed by atoms with Crippen LogP contribution in [0.2, 0.25) is 0 Å². The van der Waals surface area contributed by atoms with E-state index >= 15 is 0 Å². The third-order valence-corrected chi connectivity index (χ3v) is 2.72. The Balaban J connectivity index is 2.05. The molecule has 1 aromatic carbocycles. The number of benzene rings is 1. The zero-order valence-corrected chi connectivity index (χ0v) is 11.2. The first-order chi connectivity index (χ1) is 9.33. The number of methoxy groups -OCH3 is 1. The predicted molar refractivity (Wildman–Crippen MR) is 75.3 cm³/mol. The molecule has 0 saturated carbocycles. The lowest BCUT2D eigenvalue weighted by Crippen LogP contribution is -2.06. The standard InChI is InChI=1S/C15H18N2O2/c1-3-19-15(18-2)13-7-4-12(5-8-13)6-9-14-10-11-16-17-14/h4-11,15H,3H2,1-2H3,(H,16,17)/b9-6+. The number of rotatable bonds is 6. The van der Waals surface area contributed by atoms with Gasteiger partial charge in [-0.15, -0.1) is 0 Å². The highest BCUT2D eigenvalue weighted by Gasteiger charge is 2.08. The number of aromatic amines is 1. The van der Waals surface area contributed by atoms with Gasteiger partial charge in [0, 0.05) is 25.5 Å². The molecule has 0 amide bonds. The van der Waals surface area contributed by atoms with E-state index in [1.54, 1.807) is 13.3 Å². The molecule has 1 atom stereocenters. The van der Waals surface area contributed by atoms with Gasteiger partial charge < -0.3 is 9.47 Å². The molecule has 0 fully saturated rings. The van der Waals surface area contributed by atoms with Gasteiger partial charge in [0.15, 0.2) is 6.29 Å². The van der Waals surface area contributed by atoms with Crippen LogP contribution < -0.4 is 0 Å². The molecule has 0 radical (unpaired) electrons. The molecule has 1 unspecified atom stereocenters. The van der Waals surface area contributed by atoms with E-state index in [1.165, 1.54) is 0 Å². The Bertz CT molecular complexity index is 503. The normalized spacial score (nSPS) is 12.9. The van der Waals surface area contributed by atoms with Crippen molar-refractivity contribution in [2.75, 3.05) is 13.7 Å². The van der Waals surface area contributed by atoms with Gasteiger partial charge in [-0.1, -0.05) is 30.3 Å². The second-order valence-electron chi connectivity index (χ2n) is 4.03. The number of ether oxygens (including phenoxy) is 2. The lowest BCUT2D eigenvalue weighted by Gasteiger charge is -2.15. The van der Waals surface area contributed by atoms with Gasteiger partial charge in [-0.25, -0.2) is 0 Å². The lowest BCUT2D eigenvalue weighted by atomic mass is 10.1. The number of nitrogens with one attached hydrogen (secondary N) is 1. The minimum Gasteiger partial charge on any atom is -0.352 e. The number of hydrogen-bond donors (Lipinski definition) is 1. The molecule has 0 spiro atoms. The Labute approximate surface area is 113 Å². The first-order valence-electron chi connectivity index (χ1n) is 6.25. The van der Waals surface area contributed by atoms with E-state index in [0.717, 1.165) is 16.8 Å². The van der Waals surface area contributed by atoms with Gasteiger partial charge in [-0.3, -0.25) is 5.10 Å². The largest absolute Gasteiger partial charge is 0.352 e. The fraction of sp³-hybridized carbons (Fsp3) is 0.267. The van der Waals surface area contributed by atoms with Gasteiger partial charge in [-0.2, -0.15) is 5.10 Å². The van der Waals surface area contributed by atoms with Crippen LogP contribution in [0.5, 0.6) is 0 Å². The van der Waals surface area contributed by atoms with Crippen LogP contribution in [0.4, 0.5) is 0 Å². The van der Waals surface area contributed by atoms with Crippen molar-refractivity contribution in [3.63, 3.8) is 0 Å². The fourth-order valence-corrected chi connectivity index (χ4v) is 1.76. The zero-order chi connectivity index (χ0) is 13.5. The highest BCUT2D eigenvalue weighted by Crippen LogP contribution is 2.19. The van der Waals surface area contributed by atoms with Crippen molar-refractivity contribution >= 4 is 12.2 Å². The van der Waals surface area contributed by atoms with Gasteiger partial charge in [0.1, 0.15) is 0 Å². The summed E-state index contributed by atoms with van der Waals surface area (Å²) in [7, 11) is 1.65. The lowest BCUT2D eigenvalue weighted by molar-refractivity contribution is -0.124. The van der Waals surface area contributed by atoms with E-state index in [2.05, 4.69) is 10.2 Å². The highest BCUT2D eigenvalue weighted by atomic mass is 16.7. The van der Waals surface area contributed by atoms with Crippen molar-refractivity contribution in [3.05, 3.63) is 53.3 Å². The average Bonchev–Trinajstić information content (AvgIpc) is 2.96. The van der Waals surface area contributed by atoms with Crippen LogP contribution in [0.1, 0.15) is 30.0 Å². The molecule has 2 aromatic rings. The van der Waals surface area contributed by atoms with E-state index in [4.69, 9.17) is 9.47 Å². The molecule has 19 heavy (non-hydrogen) atoms. The van der Waals surface area contributed by atoms with Gasteiger partial charge in [0.25, 0.3) is 0 Å². The molecule has 0 aliphatic rings. The molecule has 1 N–H and O–H groups in total. The Kier molecular flexibility index (Phi) is 4.89. The molecule has 1 aromatic heterocycles. The third-order valence-electron chi connectivity index (χ3n) is 2.72. The first-order valence-corrected chi connectivity index (χ1v) is 6.25. The van der Waals surface area contributed by atoms with Crippen molar-refractivity contribution in [3.8, 4) is 0 Å². The minimum absolute atomic E-state index is 0.296. The Hall–Kier alpha value is -1.91. The first kappa shape index (κ1) is 13.5. The molecule has 4 nitrogen and oxygen atoms in total. The van der Waals surface area contributed by atoms with Crippen LogP contribution in [-0.2, 0) is 9.47 Å². The van der Waals surface area contributed by atoms with Crippen LogP contribution in [0.15, 0.2) is 36.5 Å². The zero-order valence-electron chi connectivity index (χ0n) is 11.2. The maximum Gasteiger partial charge on any atom is 0.183 e. The van der Waals surface area contributed by atoms with Crippen molar-refractivity contribution in [2.45, 2.75) is 13.2 Å². The number of hydrogen-bond acceptors (Lipinski definition) is 3. The van der Waals surface area contributed by atoms with E-state index in [-0.39, 0.29) is 6.29 Å². The number of aromatic nitrogens is 2. The maximum absolute atomic E-state index is 5.48. The van der Waals surface area contributed by atoms with Crippen LogP contribution in [-0.4, -0.2) is 23.9 Å². The van der Waals surface area contributed by atoms with Gasteiger partial charge in [-0.05, 0) is 24.6 Å². The summed E-state index contributed by atoms with van der Waals surface area (Å²) in [6.07, 6.45) is 5.45. The number of H-pyrrole nitrogens is 1. The molecule has 0 bridgehead atoms. The quantitative estimate of drug-likeness (QED) is 0.809. The summed E-state index contributed by atoms with van der Waals surface area (Å²) < 4.78 is 10.8. The van der Waals surface area contributed by atoms with Gasteiger partial charge in [0.05, 0.1) is 5.69 Å². The van der Waals surface area contributed by atoms with Crippen molar-refractivity contribution in [1.29, 1.82) is 0 Å². The van der Waals surface area contributed by atoms with E-state index in [1.807, 2.05) is 49.4 Å². The molecule has 100 valence electrons. The monoisotopic (exact) mass is 258 g/mol. The summed E-state index contributed by atoms with van der Waals surface area (Å²) in [5.74, 6) is 0. The van der Waals surface area contributed by atoms with Crippen LogP contribution >= 0.6 is 0 Å². The molecular weight excluding hydrogens is 240 g/mol. The van der Waals surface area contributed by atoms with E-state index in [9.17, 15) is 0 Å². The molecule has 0 aliphatic heterocycles. The van der Waals surface area contributed by atoms with Crippen molar-refractivity contribution < 1.29 is 9.47 Å². The highest BCUT2D eigenvalue weighted by molar-refractivity contribution is 5.67. The Morgan fingerprint density at radius 2 is 2.00 bits per heavy atom. The molecule has 2 rings (SSSR count). The summed E-state index contributed by atoms with van der Waals surface area (Å²) in [5, 5.41) is 6.78. The Morgan fingerprint density at radius 3 is 2.58 bits per heavy atom. The summed E-state index contributed by atoms with van der Waals surface area (Å²) in [6.45, 7) is 2.58. The number of nitrogens with zero attached hydrogens (tertiary/aromatic N) is 1. The molecular formula is C15H18N2O2. The van der Waals surface area contributed by atoms with Gasteiger partial charge in [0.2, 0.25) is 0 Å². The van der Waals surface area contributed by atoms with Crippen LogP contribution in [0.3, 0.4) is 0 Å². The molecule has 0 aliphatic carbocycles. The van der Waals surface area contributed by atoms with Gasteiger partial charge >= 0.3 is 0 Å². The Morgan fingerprint density at radius 1 is 1.21 bits per heavy atom. The smallest absolute Gasteiger partial charge is 0.183 e. The van der Waals surface area contributed by atoms with Crippen molar-refractivity contribution in [2.24, 2.45) is 0 Å². The SMILES string of the molecule is CCOC(OC)c1ccc(/C=C/c2ccn[nH]2)cc1. The second kappa shape index (κ2) is 6.87. The predicted octanol–water partition coefficient (Wildman–Crippen LogP) is 3.26. The maximum atomic E-state index is 5.48. The topological polar surface area (TPSA) is 47.1 Å². The third kappa shape index (κ3) is 3.77.